The Kier molecular flexibility index (Phi) is 6.88. The van der Waals surface area contributed by atoms with E-state index in [1.165, 1.54) is 23.1 Å². The Morgan fingerprint density at radius 3 is 2.31 bits per heavy atom. The monoisotopic (exact) mass is 555 g/mol. The van der Waals surface area contributed by atoms with Crippen LogP contribution in [0.1, 0.15) is 52.6 Å². The first-order valence-electron chi connectivity index (χ1n) is 14.9. The Morgan fingerprint density at radius 1 is 0.952 bits per heavy atom. The number of fused-ring (bicyclic) bond motifs is 6. The van der Waals surface area contributed by atoms with E-state index >= 15 is 4.39 Å². The first-order chi connectivity index (χ1) is 20.5. The smallest absolute Gasteiger partial charge is 0.141 e. The number of hydrogen-bond donors (Lipinski definition) is 0. The van der Waals surface area contributed by atoms with Crippen LogP contribution in [-0.4, -0.2) is 36.8 Å². The van der Waals surface area contributed by atoms with Crippen molar-refractivity contribution in [1.29, 1.82) is 5.26 Å². The third-order valence-electron chi connectivity index (χ3n) is 9.50. The van der Waals surface area contributed by atoms with Gasteiger partial charge < -0.3 is 9.64 Å². The highest BCUT2D eigenvalue weighted by molar-refractivity contribution is 6.13. The fourth-order valence-electron chi connectivity index (χ4n) is 7.24. The van der Waals surface area contributed by atoms with Gasteiger partial charge in [0, 0.05) is 28.7 Å². The van der Waals surface area contributed by atoms with Crippen molar-refractivity contribution in [2.45, 2.75) is 50.2 Å². The third kappa shape index (κ3) is 4.70. The van der Waals surface area contributed by atoms with Crippen LogP contribution in [0.25, 0.3) is 11.1 Å². The average molecular weight is 556 g/mol. The van der Waals surface area contributed by atoms with E-state index in [-0.39, 0.29) is 17.7 Å². The summed E-state index contributed by atoms with van der Waals surface area (Å²) in [5.41, 5.74) is 9.26. The molecule has 4 aromatic carbocycles. The van der Waals surface area contributed by atoms with Crippen LogP contribution in [0.2, 0.25) is 0 Å². The molecule has 0 bridgehead atoms. The number of benzene rings is 4. The minimum atomic E-state index is -0.753. The number of halogens is 1. The summed E-state index contributed by atoms with van der Waals surface area (Å²) < 4.78 is 22.2. The van der Waals surface area contributed by atoms with Gasteiger partial charge in [0.2, 0.25) is 0 Å². The second-order valence-electron chi connectivity index (χ2n) is 12.0. The maximum Gasteiger partial charge on any atom is 0.141 e. The molecule has 42 heavy (non-hydrogen) atoms. The van der Waals surface area contributed by atoms with Crippen molar-refractivity contribution < 1.29 is 9.13 Å². The highest BCUT2D eigenvalue weighted by Crippen LogP contribution is 2.52. The third-order valence-corrected chi connectivity index (χ3v) is 9.50. The number of piperidine rings is 1. The number of hydrogen-bond acceptors (Lipinski definition) is 4. The molecule has 4 aromatic rings. The van der Waals surface area contributed by atoms with E-state index in [1.54, 1.807) is 12.1 Å². The Balaban J connectivity index is 1.22. The van der Waals surface area contributed by atoms with Gasteiger partial charge in [-0.25, -0.2) is 4.39 Å². The van der Waals surface area contributed by atoms with E-state index < -0.39 is 6.04 Å². The lowest BCUT2D eigenvalue weighted by atomic mass is 9.71. The molecule has 0 saturated carbocycles. The SMILES string of the molecule is CN1CCC2(CCc3ccc4c(c32)COc2cc(CC(C#N)N=C(c3ccccc3)c3ccccc3)c(F)cc2-4)CC1. The standard InChI is InChI=1S/C37H34FN3O/c1-41-18-16-37(17-19-41)15-14-25-12-13-30-31-22-33(38)28(21-34(31)42-24-32(30)35(25)37)20-29(23-39)40-36(26-8-4-2-5-9-26)27-10-6-3-7-11-27/h2-13,21-22,29H,14-20,24H2,1H3. The summed E-state index contributed by atoms with van der Waals surface area (Å²) in [6.45, 7) is 2.72. The summed E-state index contributed by atoms with van der Waals surface area (Å²) in [6.07, 6.45) is 4.79. The van der Waals surface area contributed by atoms with Gasteiger partial charge in [-0.05, 0) is 85.6 Å². The Labute approximate surface area is 247 Å². The lowest BCUT2D eigenvalue weighted by molar-refractivity contribution is 0.184. The summed E-state index contributed by atoms with van der Waals surface area (Å²) in [6, 6.07) is 29.0. The van der Waals surface area contributed by atoms with Gasteiger partial charge in [0.15, 0.2) is 0 Å². The van der Waals surface area contributed by atoms with Gasteiger partial charge >= 0.3 is 0 Å². The molecule has 2 heterocycles. The molecule has 1 unspecified atom stereocenters. The predicted octanol–water partition coefficient (Wildman–Crippen LogP) is 7.27. The van der Waals surface area contributed by atoms with E-state index in [1.807, 2.05) is 60.7 Å². The number of rotatable bonds is 5. The average Bonchev–Trinajstić information content (AvgIpc) is 3.40. The van der Waals surface area contributed by atoms with Crippen LogP contribution in [0.5, 0.6) is 5.75 Å². The highest BCUT2D eigenvalue weighted by Gasteiger charge is 2.43. The number of nitriles is 1. The molecule has 2 aliphatic heterocycles. The molecule has 0 aromatic heterocycles. The molecule has 5 heteroatoms. The zero-order chi connectivity index (χ0) is 28.7. The van der Waals surface area contributed by atoms with Crippen molar-refractivity contribution in [3.63, 3.8) is 0 Å². The van der Waals surface area contributed by atoms with Crippen LogP contribution in [-0.2, 0) is 24.9 Å². The van der Waals surface area contributed by atoms with Crippen LogP contribution in [0, 0.1) is 17.1 Å². The van der Waals surface area contributed by atoms with Gasteiger partial charge in [-0.1, -0.05) is 72.8 Å². The molecular formula is C37H34FN3O. The Morgan fingerprint density at radius 2 is 1.64 bits per heavy atom. The number of aliphatic imine (C=N–C) groups is 1. The maximum atomic E-state index is 15.8. The van der Waals surface area contributed by atoms with Gasteiger partial charge in [-0.2, -0.15) is 5.26 Å². The van der Waals surface area contributed by atoms with E-state index in [4.69, 9.17) is 9.73 Å². The predicted molar refractivity (Wildman–Crippen MR) is 165 cm³/mol. The molecule has 1 atom stereocenters. The zero-order valence-corrected chi connectivity index (χ0v) is 23.9. The van der Waals surface area contributed by atoms with Crippen molar-refractivity contribution in [2.75, 3.05) is 20.1 Å². The molecule has 3 aliphatic rings. The van der Waals surface area contributed by atoms with Crippen LogP contribution in [0.3, 0.4) is 0 Å². The van der Waals surface area contributed by atoms with Gasteiger partial charge in [0.1, 0.15) is 24.2 Å². The minimum absolute atomic E-state index is 0.163. The molecule has 0 radical (unpaired) electrons. The van der Waals surface area contributed by atoms with E-state index in [0.29, 0.717) is 17.9 Å². The summed E-state index contributed by atoms with van der Waals surface area (Å²) in [5.74, 6) is 0.359. The molecule has 0 N–H and O–H groups in total. The molecule has 1 aliphatic carbocycles. The van der Waals surface area contributed by atoms with Crippen LogP contribution in [0.4, 0.5) is 4.39 Å². The summed E-state index contributed by atoms with van der Waals surface area (Å²) >= 11 is 0. The fourth-order valence-corrected chi connectivity index (χ4v) is 7.24. The van der Waals surface area contributed by atoms with Crippen LogP contribution < -0.4 is 4.74 Å². The van der Waals surface area contributed by atoms with Crippen molar-refractivity contribution in [1.82, 2.24) is 4.90 Å². The lowest BCUT2D eigenvalue weighted by Gasteiger charge is -2.40. The molecule has 1 fully saturated rings. The van der Waals surface area contributed by atoms with Crippen molar-refractivity contribution in [3.05, 3.63) is 124 Å². The topological polar surface area (TPSA) is 48.6 Å². The first kappa shape index (κ1) is 26.6. The van der Waals surface area contributed by atoms with Crippen molar-refractivity contribution in [2.24, 2.45) is 4.99 Å². The first-order valence-corrected chi connectivity index (χ1v) is 14.9. The molecular weight excluding hydrogens is 521 g/mol. The van der Waals surface area contributed by atoms with Crippen molar-refractivity contribution in [3.8, 4) is 22.9 Å². The molecule has 7 rings (SSSR count). The second kappa shape index (κ2) is 10.9. The van der Waals surface area contributed by atoms with E-state index in [9.17, 15) is 5.26 Å². The van der Waals surface area contributed by atoms with Gasteiger partial charge in [0.25, 0.3) is 0 Å². The number of likely N-dealkylation sites (tertiary alicyclic amines) is 1. The van der Waals surface area contributed by atoms with Crippen molar-refractivity contribution >= 4 is 5.71 Å². The Bertz CT molecular complexity index is 1660. The number of nitrogens with zero attached hydrogens (tertiary/aromatic N) is 3. The largest absolute Gasteiger partial charge is 0.488 e. The summed E-state index contributed by atoms with van der Waals surface area (Å²) in [4.78, 5) is 7.28. The molecule has 1 spiro atoms. The molecule has 4 nitrogen and oxygen atoms in total. The van der Waals surface area contributed by atoms with Crippen LogP contribution in [0.15, 0.2) is 89.9 Å². The molecule has 1 saturated heterocycles. The molecule has 0 amide bonds. The number of ether oxygens (including phenoxy) is 1. The normalized spacial score (nSPS) is 17.4. The van der Waals surface area contributed by atoms with Gasteiger partial charge in [-0.3, -0.25) is 4.99 Å². The minimum Gasteiger partial charge on any atom is -0.488 e. The highest BCUT2D eigenvalue weighted by atomic mass is 19.1. The lowest BCUT2D eigenvalue weighted by Crippen LogP contribution is -2.40. The van der Waals surface area contributed by atoms with Gasteiger partial charge in [-0.15, -0.1) is 0 Å². The fraction of sp³-hybridized carbons (Fsp3) is 0.297. The quantitative estimate of drug-likeness (QED) is 0.244. The Hall–Kier alpha value is -4.27. The van der Waals surface area contributed by atoms with E-state index in [0.717, 1.165) is 60.3 Å². The summed E-state index contributed by atoms with van der Waals surface area (Å²) in [7, 11) is 2.20. The van der Waals surface area contributed by atoms with Crippen LogP contribution >= 0.6 is 0 Å². The number of aryl methyl sites for hydroxylation is 1. The maximum absolute atomic E-state index is 15.8. The van der Waals surface area contributed by atoms with E-state index in [2.05, 4.69) is 30.1 Å². The second-order valence-corrected chi connectivity index (χ2v) is 12.0. The van der Waals surface area contributed by atoms with Gasteiger partial charge in [0.05, 0.1) is 11.8 Å². The zero-order valence-electron chi connectivity index (χ0n) is 23.9. The summed E-state index contributed by atoms with van der Waals surface area (Å²) in [5, 5.41) is 10.1. The molecule has 210 valence electrons.